The summed E-state index contributed by atoms with van der Waals surface area (Å²) in [5.74, 6) is -0.810. The zero-order valence-electron chi connectivity index (χ0n) is 17.3. The molecule has 10 heteroatoms. The highest BCUT2D eigenvalue weighted by molar-refractivity contribution is 6.13. The molecule has 3 aromatic rings. The standard InChI is InChI=1S/C22H19N5O5/c1-25(2)18-10-8-16(9-11-18)21(15-6-4-3-5-7-15)23-24-22(28)17-12-19(26(29)30)14-20(13-17)27(31)32/h3-14H,1-2H3,(H,24,28). The van der Waals surface area contributed by atoms with E-state index in [1.54, 1.807) is 0 Å². The van der Waals surface area contributed by atoms with Crippen LogP contribution >= 0.6 is 0 Å². The molecule has 1 amide bonds. The van der Waals surface area contributed by atoms with Crippen molar-refractivity contribution in [3.05, 3.63) is 110 Å². The summed E-state index contributed by atoms with van der Waals surface area (Å²) in [6.45, 7) is 0. The lowest BCUT2D eigenvalue weighted by atomic mass is 10.0. The van der Waals surface area contributed by atoms with Gasteiger partial charge in [-0.15, -0.1) is 0 Å². The highest BCUT2D eigenvalue weighted by Crippen LogP contribution is 2.23. The molecule has 0 heterocycles. The maximum absolute atomic E-state index is 12.6. The average molecular weight is 433 g/mol. The Morgan fingerprint density at radius 2 is 1.34 bits per heavy atom. The maximum atomic E-state index is 12.6. The topological polar surface area (TPSA) is 131 Å². The van der Waals surface area contributed by atoms with Crippen LogP contribution in [0.3, 0.4) is 0 Å². The zero-order valence-corrected chi connectivity index (χ0v) is 17.3. The van der Waals surface area contributed by atoms with Gasteiger partial charge < -0.3 is 4.90 Å². The van der Waals surface area contributed by atoms with Crippen molar-refractivity contribution < 1.29 is 14.6 Å². The van der Waals surface area contributed by atoms with Gasteiger partial charge in [0, 0.05) is 43.0 Å². The first-order chi connectivity index (χ1) is 15.3. The second-order valence-electron chi connectivity index (χ2n) is 6.96. The average Bonchev–Trinajstić information content (AvgIpc) is 2.79. The van der Waals surface area contributed by atoms with Crippen molar-refractivity contribution in [1.29, 1.82) is 0 Å². The summed E-state index contributed by atoms with van der Waals surface area (Å²) in [6.07, 6.45) is 0. The molecule has 32 heavy (non-hydrogen) atoms. The van der Waals surface area contributed by atoms with Crippen molar-refractivity contribution in [3.63, 3.8) is 0 Å². The molecule has 0 aliphatic carbocycles. The number of amides is 1. The van der Waals surface area contributed by atoms with Crippen molar-refractivity contribution in [1.82, 2.24) is 5.43 Å². The summed E-state index contributed by atoms with van der Waals surface area (Å²) >= 11 is 0. The number of non-ortho nitro benzene ring substituents is 2. The Balaban J connectivity index is 1.98. The highest BCUT2D eigenvalue weighted by atomic mass is 16.6. The minimum Gasteiger partial charge on any atom is -0.378 e. The summed E-state index contributed by atoms with van der Waals surface area (Å²) < 4.78 is 0. The van der Waals surface area contributed by atoms with Gasteiger partial charge in [-0.1, -0.05) is 42.5 Å². The summed E-state index contributed by atoms with van der Waals surface area (Å²) in [4.78, 5) is 35.2. The first-order valence-corrected chi connectivity index (χ1v) is 9.41. The lowest BCUT2D eigenvalue weighted by Gasteiger charge is -2.14. The maximum Gasteiger partial charge on any atom is 0.277 e. The minimum absolute atomic E-state index is 0.245. The minimum atomic E-state index is -0.810. The van der Waals surface area contributed by atoms with Gasteiger partial charge in [-0.05, 0) is 12.1 Å². The predicted octanol–water partition coefficient (Wildman–Crippen LogP) is 3.75. The van der Waals surface area contributed by atoms with Crippen molar-refractivity contribution >= 4 is 28.7 Å². The van der Waals surface area contributed by atoms with Crippen LogP contribution in [0.4, 0.5) is 17.1 Å². The fraction of sp³-hybridized carbons (Fsp3) is 0.0909. The molecule has 1 N–H and O–H groups in total. The van der Waals surface area contributed by atoms with Crippen LogP contribution in [-0.4, -0.2) is 35.6 Å². The fourth-order valence-electron chi connectivity index (χ4n) is 2.92. The van der Waals surface area contributed by atoms with Gasteiger partial charge in [0.25, 0.3) is 17.3 Å². The number of hydrogen-bond donors (Lipinski definition) is 1. The predicted molar refractivity (Wildman–Crippen MR) is 120 cm³/mol. The van der Waals surface area contributed by atoms with Crippen molar-refractivity contribution in [3.8, 4) is 0 Å². The largest absolute Gasteiger partial charge is 0.378 e. The van der Waals surface area contributed by atoms with Crippen LogP contribution in [0.5, 0.6) is 0 Å². The van der Waals surface area contributed by atoms with Crippen molar-refractivity contribution in [2.45, 2.75) is 0 Å². The molecule has 0 aliphatic heterocycles. The van der Waals surface area contributed by atoms with E-state index in [1.165, 1.54) is 0 Å². The third kappa shape index (κ3) is 5.11. The quantitative estimate of drug-likeness (QED) is 0.343. The van der Waals surface area contributed by atoms with Crippen LogP contribution in [-0.2, 0) is 0 Å². The van der Waals surface area contributed by atoms with E-state index in [9.17, 15) is 25.0 Å². The van der Waals surface area contributed by atoms with E-state index >= 15 is 0 Å². The van der Waals surface area contributed by atoms with Gasteiger partial charge in [0.2, 0.25) is 0 Å². The fourth-order valence-corrected chi connectivity index (χ4v) is 2.92. The zero-order chi connectivity index (χ0) is 23.3. The van der Waals surface area contributed by atoms with E-state index in [-0.39, 0.29) is 5.56 Å². The second-order valence-corrected chi connectivity index (χ2v) is 6.96. The van der Waals surface area contributed by atoms with Crippen LogP contribution < -0.4 is 10.3 Å². The van der Waals surface area contributed by atoms with E-state index in [2.05, 4.69) is 10.5 Å². The molecule has 0 atom stereocenters. The van der Waals surface area contributed by atoms with E-state index in [1.807, 2.05) is 73.6 Å². The monoisotopic (exact) mass is 433 g/mol. The number of hydrogen-bond acceptors (Lipinski definition) is 7. The summed E-state index contributed by atoms with van der Waals surface area (Å²) in [6, 6.07) is 19.4. The number of nitrogens with one attached hydrogen (secondary N) is 1. The Morgan fingerprint density at radius 1 is 0.812 bits per heavy atom. The Hall–Kier alpha value is -4.60. The molecule has 3 aromatic carbocycles. The number of carbonyl (C=O) groups is 1. The van der Waals surface area contributed by atoms with Crippen LogP contribution in [0.1, 0.15) is 21.5 Å². The Bertz CT molecular complexity index is 1160. The molecular formula is C22H19N5O5. The first-order valence-electron chi connectivity index (χ1n) is 9.41. The van der Waals surface area contributed by atoms with E-state index in [0.29, 0.717) is 5.71 Å². The van der Waals surface area contributed by atoms with Gasteiger partial charge in [-0.3, -0.25) is 25.0 Å². The second kappa shape index (κ2) is 9.47. The number of nitro benzene ring substituents is 2. The van der Waals surface area contributed by atoms with Crippen LogP contribution in [0.15, 0.2) is 77.9 Å². The lowest BCUT2D eigenvalue weighted by Crippen LogP contribution is -2.21. The normalized spacial score (nSPS) is 11.0. The molecule has 0 unspecified atom stereocenters. The number of carbonyl (C=O) groups excluding carboxylic acids is 1. The van der Waals surface area contributed by atoms with E-state index < -0.39 is 27.1 Å². The molecule has 0 radical (unpaired) electrons. The molecule has 10 nitrogen and oxygen atoms in total. The molecule has 0 aliphatic rings. The van der Waals surface area contributed by atoms with Crippen molar-refractivity contribution in [2.24, 2.45) is 5.10 Å². The SMILES string of the molecule is CN(C)c1ccc(C(=NNC(=O)c2cc([N+](=O)[O-])cc([N+](=O)[O-])c2)c2ccccc2)cc1. The van der Waals surface area contributed by atoms with Gasteiger partial charge in [-0.2, -0.15) is 5.10 Å². The smallest absolute Gasteiger partial charge is 0.277 e. The highest BCUT2D eigenvalue weighted by Gasteiger charge is 2.20. The van der Waals surface area contributed by atoms with Gasteiger partial charge in [0.15, 0.2) is 0 Å². The molecule has 0 saturated carbocycles. The van der Waals surface area contributed by atoms with Crippen LogP contribution in [0.2, 0.25) is 0 Å². The Morgan fingerprint density at radius 3 is 1.84 bits per heavy atom. The summed E-state index contributed by atoms with van der Waals surface area (Å²) in [5.41, 5.74) is 3.90. The van der Waals surface area contributed by atoms with Gasteiger partial charge in [0.05, 0.1) is 27.2 Å². The van der Waals surface area contributed by atoms with Gasteiger partial charge >= 0.3 is 0 Å². The number of anilines is 1. The number of nitrogens with zero attached hydrogens (tertiary/aromatic N) is 4. The van der Waals surface area contributed by atoms with Crippen LogP contribution in [0, 0.1) is 20.2 Å². The van der Waals surface area contributed by atoms with E-state index in [0.717, 1.165) is 35.0 Å². The Kier molecular flexibility index (Phi) is 6.54. The number of rotatable bonds is 7. The van der Waals surface area contributed by atoms with Gasteiger partial charge in [-0.25, -0.2) is 5.43 Å². The number of nitro groups is 2. The Labute approximate surface area is 183 Å². The molecule has 0 saturated heterocycles. The molecule has 3 rings (SSSR count). The first kappa shape index (κ1) is 22.1. The number of benzene rings is 3. The van der Waals surface area contributed by atoms with E-state index in [4.69, 9.17) is 0 Å². The summed E-state index contributed by atoms with van der Waals surface area (Å²) in [7, 11) is 3.83. The van der Waals surface area contributed by atoms with Gasteiger partial charge in [0.1, 0.15) is 0 Å². The molecular weight excluding hydrogens is 414 g/mol. The van der Waals surface area contributed by atoms with Crippen molar-refractivity contribution in [2.75, 3.05) is 19.0 Å². The molecule has 0 aromatic heterocycles. The van der Waals surface area contributed by atoms with Crippen LogP contribution in [0.25, 0.3) is 0 Å². The third-order valence-electron chi connectivity index (χ3n) is 4.56. The molecule has 0 spiro atoms. The molecule has 0 fully saturated rings. The molecule has 0 bridgehead atoms. The number of hydrazone groups is 1. The third-order valence-corrected chi connectivity index (χ3v) is 4.56. The lowest BCUT2D eigenvalue weighted by molar-refractivity contribution is -0.394. The summed E-state index contributed by atoms with van der Waals surface area (Å²) in [5, 5.41) is 26.4. The molecule has 162 valence electrons.